The summed E-state index contributed by atoms with van der Waals surface area (Å²) in [7, 11) is 0. The summed E-state index contributed by atoms with van der Waals surface area (Å²) in [6.45, 7) is 3.46. The molecule has 0 saturated carbocycles. The Labute approximate surface area is 96.2 Å². The van der Waals surface area contributed by atoms with Crippen LogP contribution in [-0.2, 0) is 4.79 Å². The number of nitrogens with two attached hydrogens (primary N) is 2. The summed E-state index contributed by atoms with van der Waals surface area (Å²) < 4.78 is 0. The molecular formula is C12H19N3O. The largest absolute Gasteiger partial charge is 0.369 e. The molecule has 1 aromatic carbocycles. The Hall–Kier alpha value is -1.39. The molecule has 0 bridgehead atoms. The van der Waals surface area contributed by atoms with Crippen molar-refractivity contribution in [2.24, 2.45) is 11.5 Å². The van der Waals surface area contributed by atoms with Gasteiger partial charge < -0.3 is 11.5 Å². The van der Waals surface area contributed by atoms with Gasteiger partial charge in [-0.1, -0.05) is 37.3 Å². The first-order chi connectivity index (χ1) is 7.69. The molecule has 1 atom stereocenters. The SMILES string of the molecule is CCN(CC(N)=O)C(CN)c1ccccc1. The number of hydrogen-bond acceptors (Lipinski definition) is 3. The third-order valence-corrected chi connectivity index (χ3v) is 2.61. The quantitative estimate of drug-likeness (QED) is 0.734. The van der Waals surface area contributed by atoms with Gasteiger partial charge in [-0.05, 0) is 12.1 Å². The van der Waals surface area contributed by atoms with E-state index in [2.05, 4.69) is 0 Å². The Morgan fingerprint density at radius 3 is 2.44 bits per heavy atom. The van der Waals surface area contributed by atoms with Crippen LogP contribution in [-0.4, -0.2) is 30.4 Å². The molecular weight excluding hydrogens is 202 g/mol. The molecule has 4 nitrogen and oxygen atoms in total. The van der Waals surface area contributed by atoms with Crippen LogP contribution in [0.3, 0.4) is 0 Å². The van der Waals surface area contributed by atoms with Gasteiger partial charge in [0.2, 0.25) is 5.91 Å². The van der Waals surface area contributed by atoms with Gasteiger partial charge in [-0.15, -0.1) is 0 Å². The second kappa shape index (κ2) is 6.25. The number of primary amides is 1. The maximum atomic E-state index is 11.0. The Bertz CT molecular complexity index is 326. The van der Waals surface area contributed by atoms with Crippen LogP contribution in [0, 0.1) is 0 Å². The van der Waals surface area contributed by atoms with Gasteiger partial charge in [-0.25, -0.2) is 0 Å². The highest BCUT2D eigenvalue weighted by Gasteiger charge is 2.18. The molecule has 0 aliphatic rings. The molecule has 4 N–H and O–H groups in total. The van der Waals surface area contributed by atoms with Gasteiger partial charge in [-0.3, -0.25) is 9.69 Å². The van der Waals surface area contributed by atoms with Gasteiger partial charge >= 0.3 is 0 Å². The van der Waals surface area contributed by atoms with Gasteiger partial charge in [0.25, 0.3) is 0 Å². The van der Waals surface area contributed by atoms with E-state index in [0.29, 0.717) is 6.54 Å². The molecule has 1 aromatic rings. The van der Waals surface area contributed by atoms with Crippen LogP contribution in [0.2, 0.25) is 0 Å². The van der Waals surface area contributed by atoms with E-state index in [1.54, 1.807) is 0 Å². The van der Waals surface area contributed by atoms with Crippen LogP contribution in [0.25, 0.3) is 0 Å². The molecule has 0 radical (unpaired) electrons. The van der Waals surface area contributed by atoms with Crippen LogP contribution >= 0.6 is 0 Å². The normalized spacial score (nSPS) is 12.7. The second-order valence-electron chi connectivity index (χ2n) is 3.69. The summed E-state index contributed by atoms with van der Waals surface area (Å²) in [5.41, 5.74) is 12.1. The van der Waals surface area contributed by atoms with Crippen molar-refractivity contribution in [3.8, 4) is 0 Å². The summed E-state index contributed by atoms with van der Waals surface area (Å²) in [6.07, 6.45) is 0. The number of amides is 1. The number of nitrogens with zero attached hydrogens (tertiary/aromatic N) is 1. The van der Waals surface area contributed by atoms with Crippen molar-refractivity contribution < 1.29 is 4.79 Å². The molecule has 88 valence electrons. The van der Waals surface area contributed by atoms with E-state index < -0.39 is 0 Å². The highest BCUT2D eigenvalue weighted by atomic mass is 16.1. The molecule has 0 heterocycles. The maximum absolute atomic E-state index is 11.0. The van der Waals surface area contributed by atoms with Crippen molar-refractivity contribution in [1.29, 1.82) is 0 Å². The zero-order valence-electron chi connectivity index (χ0n) is 9.60. The molecule has 0 aliphatic carbocycles. The number of hydrogen-bond donors (Lipinski definition) is 2. The predicted octanol–water partition coefficient (Wildman–Crippen LogP) is 0.494. The molecule has 1 unspecified atom stereocenters. The topological polar surface area (TPSA) is 72.3 Å². The average Bonchev–Trinajstić information content (AvgIpc) is 2.29. The van der Waals surface area contributed by atoms with Gasteiger partial charge in [-0.2, -0.15) is 0 Å². The molecule has 0 spiro atoms. The summed E-state index contributed by atoms with van der Waals surface area (Å²) in [6, 6.07) is 9.98. The lowest BCUT2D eigenvalue weighted by molar-refractivity contribution is -0.119. The van der Waals surface area contributed by atoms with Crippen LogP contribution in [0.1, 0.15) is 18.5 Å². The van der Waals surface area contributed by atoms with Crippen LogP contribution < -0.4 is 11.5 Å². The lowest BCUT2D eigenvalue weighted by Crippen LogP contribution is -2.39. The maximum Gasteiger partial charge on any atom is 0.231 e. The molecule has 0 saturated heterocycles. The van der Waals surface area contributed by atoms with Crippen molar-refractivity contribution in [1.82, 2.24) is 4.90 Å². The molecule has 1 amide bonds. The first-order valence-electron chi connectivity index (χ1n) is 5.46. The van der Waals surface area contributed by atoms with Crippen molar-refractivity contribution in [2.45, 2.75) is 13.0 Å². The van der Waals surface area contributed by atoms with E-state index in [-0.39, 0.29) is 18.5 Å². The molecule has 4 heteroatoms. The number of rotatable bonds is 6. The zero-order valence-corrected chi connectivity index (χ0v) is 9.60. The Morgan fingerprint density at radius 2 is 2.00 bits per heavy atom. The third kappa shape index (κ3) is 3.32. The third-order valence-electron chi connectivity index (χ3n) is 2.61. The summed E-state index contributed by atoms with van der Waals surface area (Å²) in [4.78, 5) is 12.9. The highest BCUT2D eigenvalue weighted by Crippen LogP contribution is 2.18. The minimum absolute atomic E-state index is 0.0544. The van der Waals surface area contributed by atoms with E-state index in [0.717, 1.165) is 12.1 Å². The molecule has 0 aliphatic heterocycles. The monoisotopic (exact) mass is 221 g/mol. The van der Waals surface area contributed by atoms with Gasteiger partial charge in [0.15, 0.2) is 0 Å². The lowest BCUT2D eigenvalue weighted by atomic mass is 10.1. The summed E-state index contributed by atoms with van der Waals surface area (Å²) >= 11 is 0. The van der Waals surface area contributed by atoms with E-state index >= 15 is 0 Å². The Kier molecular flexibility index (Phi) is 4.95. The lowest BCUT2D eigenvalue weighted by Gasteiger charge is -2.28. The fourth-order valence-corrected chi connectivity index (χ4v) is 1.81. The van der Waals surface area contributed by atoms with Gasteiger partial charge in [0, 0.05) is 12.6 Å². The first kappa shape index (κ1) is 12.7. The van der Waals surface area contributed by atoms with E-state index in [1.807, 2.05) is 42.2 Å². The molecule has 1 rings (SSSR count). The van der Waals surface area contributed by atoms with E-state index in [9.17, 15) is 4.79 Å². The minimum Gasteiger partial charge on any atom is -0.369 e. The smallest absolute Gasteiger partial charge is 0.231 e. The molecule has 16 heavy (non-hydrogen) atoms. The van der Waals surface area contributed by atoms with E-state index in [1.165, 1.54) is 0 Å². The highest BCUT2D eigenvalue weighted by molar-refractivity contribution is 5.76. The van der Waals surface area contributed by atoms with E-state index in [4.69, 9.17) is 11.5 Å². The number of carbonyl (C=O) groups excluding carboxylic acids is 1. The second-order valence-corrected chi connectivity index (χ2v) is 3.69. The van der Waals surface area contributed by atoms with Crippen LogP contribution in [0.4, 0.5) is 0 Å². The predicted molar refractivity (Wildman–Crippen MR) is 64.7 cm³/mol. The number of benzene rings is 1. The first-order valence-corrected chi connectivity index (χ1v) is 5.46. The van der Waals surface area contributed by atoms with Crippen molar-refractivity contribution in [3.05, 3.63) is 35.9 Å². The molecule has 0 aromatic heterocycles. The number of likely N-dealkylation sites (N-methyl/N-ethyl adjacent to an activating group) is 1. The van der Waals surface area contributed by atoms with Gasteiger partial charge in [0.1, 0.15) is 0 Å². The van der Waals surface area contributed by atoms with Crippen LogP contribution in [0.5, 0.6) is 0 Å². The van der Waals surface area contributed by atoms with Crippen molar-refractivity contribution in [2.75, 3.05) is 19.6 Å². The van der Waals surface area contributed by atoms with Crippen molar-refractivity contribution >= 4 is 5.91 Å². The zero-order chi connectivity index (χ0) is 12.0. The fourth-order valence-electron chi connectivity index (χ4n) is 1.81. The number of carbonyl (C=O) groups is 1. The molecule has 0 fully saturated rings. The summed E-state index contributed by atoms with van der Waals surface area (Å²) in [5.74, 6) is -0.323. The van der Waals surface area contributed by atoms with Gasteiger partial charge in [0.05, 0.1) is 6.54 Å². The average molecular weight is 221 g/mol. The van der Waals surface area contributed by atoms with Crippen molar-refractivity contribution in [3.63, 3.8) is 0 Å². The minimum atomic E-state index is -0.323. The fraction of sp³-hybridized carbons (Fsp3) is 0.417. The summed E-state index contributed by atoms with van der Waals surface area (Å²) in [5, 5.41) is 0. The Balaban J connectivity index is 2.83. The Morgan fingerprint density at radius 1 is 1.38 bits per heavy atom. The van der Waals surface area contributed by atoms with Crippen LogP contribution in [0.15, 0.2) is 30.3 Å². The standard InChI is InChI=1S/C12H19N3O/c1-2-15(9-12(14)16)11(8-13)10-6-4-3-5-7-10/h3-7,11H,2,8-9,13H2,1H3,(H2,14,16).